The largest absolute Gasteiger partial charge is 0.355 e. The van der Waals surface area contributed by atoms with Gasteiger partial charge in [0.25, 0.3) is 0 Å². The van der Waals surface area contributed by atoms with E-state index in [0.717, 1.165) is 16.9 Å². The fraction of sp³-hybridized carbons (Fsp3) is 0.0455. The highest BCUT2D eigenvalue weighted by atomic mass is 16.1. The first-order valence-electron chi connectivity index (χ1n) is 7.92. The number of rotatable bonds is 5. The molecule has 0 aliphatic rings. The molecule has 0 aliphatic carbocycles. The summed E-state index contributed by atoms with van der Waals surface area (Å²) in [6.07, 6.45) is 1.66. The van der Waals surface area contributed by atoms with Crippen molar-refractivity contribution in [2.75, 3.05) is 5.32 Å². The summed E-state index contributed by atoms with van der Waals surface area (Å²) in [7, 11) is 0. The zero-order valence-electron chi connectivity index (χ0n) is 13.6. The fourth-order valence-corrected chi connectivity index (χ4v) is 2.50. The number of carbonyl (C=O) groups is 1. The summed E-state index contributed by atoms with van der Waals surface area (Å²) in [6, 6.07) is 27.3. The standard InChI is InChI=1S/C22H19NO/c1-17-9-8-14-20(15-17)23-21(18-10-4-2-5-11-18)16-22(24)19-12-6-3-7-13-19/h2-16,23H,1H3/b21-16-. The summed E-state index contributed by atoms with van der Waals surface area (Å²) in [5.41, 5.74) is 4.57. The number of hydrogen-bond acceptors (Lipinski definition) is 2. The molecule has 0 fully saturated rings. The molecule has 0 saturated carbocycles. The lowest BCUT2D eigenvalue weighted by Crippen LogP contribution is -2.03. The molecule has 0 radical (unpaired) electrons. The van der Waals surface area contributed by atoms with Crippen molar-refractivity contribution < 1.29 is 4.79 Å². The molecule has 1 N–H and O–H groups in total. The Labute approximate surface area is 142 Å². The van der Waals surface area contributed by atoms with Gasteiger partial charge in [-0.3, -0.25) is 4.79 Å². The number of benzene rings is 3. The monoisotopic (exact) mass is 313 g/mol. The second-order valence-electron chi connectivity index (χ2n) is 5.65. The van der Waals surface area contributed by atoms with Crippen molar-refractivity contribution in [2.24, 2.45) is 0 Å². The Kier molecular flexibility index (Phi) is 4.87. The second kappa shape index (κ2) is 7.42. The Hall–Kier alpha value is -3.13. The van der Waals surface area contributed by atoms with Crippen molar-refractivity contribution >= 4 is 17.2 Å². The molecule has 0 amide bonds. The lowest BCUT2D eigenvalue weighted by Gasteiger charge is -2.12. The predicted octanol–water partition coefficient (Wildman–Crippen LogP) is 5.33. The third kappa shape index (κ3) is 3.99. The van der Waals surface area contributed by atoms with Crippen LogP contribution < -0.4 is 5.32 Å². The highest BCUT2D eigenvalue weighted by molar-refractivity contribution is 6.09. The van der Waals surface area contributed by atoms with E-state index in [4.69, 9.17) is 0 Å². The van der Waals surface area contributed by atoms with Gasteiger partial charge >= 0.3 is 0 Å². The van der Waals surface area contributed by atoms with Crippen LogP contribution in [0.5, 0.6) is 0 Å². The van der Waals surface area contributed by atoms with Crippen molar-refractivity contribution in [3.8, 4) is 0 Å². The molecule has 3 rings (SSSR count). The second-order valence-corrected chi connectivity index (χ2v) is 5.65. The highest BCUT2D eigenvalue weighted by Crippen LogP contribution is 2.20. The molecule has 3 aromatic carbocycles. The predicted molar refractivity (Wildman–Crippen MR) is 100.0 cm³/mol. The molecule has 2 heteroatoms. The van der Waals surface area contributed by atoms with Crippen molar-refractivity contribution in [2.45, 2.75) is 6.92 Å². The van der Waals surface area contributed by atoms with E-state index < -0.39 is 0 Å². The van der Waals surface area contributed by atoms with Gasteiger partial charge in [-0.15, -0.1) is 0 Å². The summed E-state index contributed by atoms with van der Waals surface area (Å²) in [5, 5.41) is 3.38. The van der Waals surface area contributed by atoms with Crippen LogP contribution in [-0.2, 0) is 0 Å². The first-order valence-corrected chi connectivity index (χ1v) is 7.92. The van der Waals surface area contributed by atoms with Crippen LogP contribution in [0.3, 0.4) is 0 Å². The number of nitrogens with one attached hydrogen (secondary N) is 1. The Morgan fingerprint density at radius 2 is 1.42 bits per heavy atom. The lowest BCUT2D eigenvalue weighted by molar-refractivity contribution is 0.104. The van der Waals surface area contributed by atoms with Crippen molar-refractivity contribution in [1.82, 2.24) is 0 Å². The quantitative estimate of drug-likeness (QED) is 0.509. The molecular weight excluding hydrogens is 294 g/mol. The van der Waals surface area contributed by atoms with Gasteiger partial charge in [0.1, 0.15) is 0 Å². The highest BCUT2D eigenvalue weighted by Gasteiger charge is 2.07. The van der Waals surface area contributed by atoms with Gasteiger partial charge in [0.2, 0.25) is 0 Å². The zero-order valence-corrected chi connectivity index (χ0v) is 13.6. The lowest BCUT2D eigenvalue weighted by atomic mass is 10.1. The first-order chi connectivity index (χ1) is 11.7. The minimum absolute atomic E-state index is 0.0189. The Morgan fingerprint density at radius 1 is 0.792 bits per heavy atom. The van der Waals surface area contributed by atoms with Crippen LogP contribution in [0.4, 0.5) is 5.69 Å². The third-order valence-electron chi connectivity index (χ3n) is 3.72. The fourth-order valence-electron chi connectivity index (χ4n) is 2.50. The van der Waals surface area contributed by atoms with E-state index in [2.05, 4.69) is 11.4 Å². The van der Waals surface area contributed by atoms with Gasteiger partial charge in [0.15, 0.2) is 5.78 Å². The van der Waals surface area contributed by atoms with Crippen molar-refractivity contribution in [3.05, 3.63) is 108 Å². The topological polar surface area (TPSA) is 29.1 Å². The summed E-state index contributed by atoms with van der Waals surface area (Å²) >= 11 is 0. The smallest absolute Gasteiger partial charge is 0.187 e. The maximum Gasteiger partial charge on any atom is 0.187 e. The van der Waals surface area contributed by atoms with Crippen LogP contribution in [-0.4, -0.2) is 5.78 Å². The maximum absolute atomic E-state index is 12.6. The number of aryl methyl sites for hydroxylation is 1. The van der Waals surface area contributed by atoms with Gasteiger partial charge in [0.05, 0.1) is 0 Å². The van der Waals surface area contributed by atoms with Crippen LogP contribution in [0.25, 0.3) is 5.70 Å². The zero-order chi connectivity index (χ0) is 16.8. The van der Waals surface area contributed by atoms with Crippen LogP contribution >= 0.6 is 0 Å². The summed E-state index contributed by atoms with van der Waals surface area (Å²) in [4.78, 5) is 12.6. The Bertz CT molecular complexity index is 851. The normalized spacial score (nSPS) is 11.1. The molecule has 2 nitrogen and oxygen atoms in total. The molecular formula is C22H19NO. The molecule has 3 aromatic rings. The molecule has 24 heavy (non-hydrogen) atoms. The van der Waals surface area contributed by atoms with Gasteiger partial charge in [-0.2, -0.15) is 0 Å². The number of anilines is 1. The molecule has 118 valence electrons. The number of allylic oxidation sites excluding steroid dienone is 1. The number of hydrogen-bond donors (Lipinski definition) is 1. The molecule has 0 aromatic heterocycles. The molecule has 0 unspecified atom stereocenters. The van der Waals surface area contributed by atoms with Gasteiger partial charge in [-0.25, -0.2) is 0 Å². The number of carbonyl (C=O) groups excluding carboxylic acids is 1. The summed E-state index contributed by atoms with van der Waals surface area (Å²) in [6.45, 7) is 2.05. The van der Waals surface area contributed by atoms with Gasteiger partial charge < -0.3 is 5.32 Å². The maximum atomic E-state index is 12.6. The van der Waals surface area contributed by atoms with E-state index in [1.165, 1.54) is 5.56 Å². The number of ketones is 1. The first kappa shape index (κ1) is 15.8. The molecule has 0 saturated heterocycles. The van der Waals surface area contributed by atoms with E-state index in [1.54, 1.807) is 6.08 Å². The molecule has 0 aliphatic heterocycles. The average molecular weight is 313 g/mol. The van der Waals surface area contributed by atoms with Crippen LogP contribution in [0, 0.1) is 6.92 Å². The minimum Gasteiger partial charge on any atom is -0.355 e. The van der Waals surface area contributed by atoms with Crippen LogP contribution in [0.2, 0.25) is 0 Å². The van der Waals surface area contributed by atoms with Crippen LogP contribution in [0.15, 0.2) is 91.0 Å². The summed E-state index contributed by atoms with van der Waals surface area (Å²) in [5.74, 6) is -0.0189. The minimum atomic E-state index is -0.0189. The Morgan fingerprint density at radius 3 is 2.04 bits per heavy atom. The van der Waals surface area contributed by atoms with E-state index in [9.17, 15) is 4.79 Å². The van der Waals surface area contributed by atoms with Gasteiger partial charge in [-0.05, 0) is 30.2 Å². The van der Waals surface area contributed by atoms with Crippen LogP contribution in [0.1, 0.15) is 21.5 Å². The van der Waals surface area contributed by atoms with E-state index in [0.29, 0.717) is 5.56 Å². The molecule has 0 atom stereocenters. The van der Waals surface area contributed by atoms with E-state index >= 15 is 0 Å². The van der Waals surface area contributed by atoms with Crippen molar-refractivity contribution in [3.63, 3.8) is 0 Å². The molecule has 0 bridgehead atoms. The molecule has 0 heterocycles. The van der Waals surface area contributed by atoms with Gasteiger partial charge in [0, 0.05) is 23.0 Å². The molecule has 0 spiro atoms. The average Bonchev–Trinajstić information content (AvgIpc) is 2.63. The van der Waals surface area contributed by atoms with Crippen molar-refractivity contribution in [1.29, 1.82) is 0 Å². The SMILES string of the molecule is Cc1cccc(N/C(=C\C(=O)c2ccccc2)c2ccccc2)c1. The Balaban J connectivity index is 1.96. The third-order valence-corrected chi connectivity index (χ3v) is 3.72. The van der Waals surface area contributed by atoms with E-state index in [1.807, 2.05) is 85.8 Å². The van der Waals surface area contributed by atoms with E-state index in [-0.39, 0.29) is 5.78 Å². The summed E-state index contributed by atoms with van der Waals surface area (Å²) < 4.78 is 0. The van der Waals surface area contributed by atoms with Gasteiger partial charge in [-0.1, -0.05) is 72.8 Å².